The second-order valence-electron chi connectivity index (χ2n) is 4.25. The average molecular weight is 235 g/mol. The van der Waals surface area contributed by atoms with E-state index in [1.807, 2.05) is 6.92 Å². The first-order valence-corrected chi connectivity index (χ1v) is 5.05. The molecule has 0 radical (unpaired) electrons. The highest BCUT2D eigenvalue weighted by molar-refractivity contribution is 5.69. The fourth-order valence-corrected chi connectivity index (χ4v) is 0.710. The van der Waals surface area contributed by atoms with Crippen molar-refractivity contribution in [1.82, 2.24) is 0 Å². The van der Waals surface area contributed by atoms with Crippen molar-refractivity contribution in [2.75, 3.05) is 34.3 Å². The van der Waals surface area contributed by atoms with E-state index in [4.69, 9.17) is 19.7 Å². The molecule has 1 N–H and O–H groups in total. The molecule has 0 unspecified atom stereocenters. The second kappa shape index (κ2) is 8.96. The Morgan fingerprint density at radius 2 is 1.75 bits per heavy atom. The van der Waals surface area contributed by atoms with E-state index in [1.165, 1.54) is 0 Å². The van der Waals surface area contributed by atoms with Crippen LogP contribution in [0.2, 0.25) is 0 Å². The van der Waals surface area contributed by atoms with Gasteiger partial charge in [-0.05, 0) is 6.42 Å². The van der Waals surface area contributed by atoms with Crippen LogP contribution in [0, 0.1) is 0 Å². The highest BCUT2D eigenvalue weighted by Gasteiger charge is 2.08. The number of carbonyl (C=O) groups excluding carboxylic acids is 1. The Labute approximate surface area is 96.0 Å². The maximum absolute atomic E-state index is 10.9. The summed E-state index contributed by atoms with van der Waals surface area (Å²) >= 11 is 0. The van der Waals surface area contributed by atoms with Gasteiger partial charge in [-0.2, -0.15) is 0 Å². The van der Waals surface area contributed by atoms with Crippen molar-refractivity contribution in [3.63, 3.8) is 0 Å². The zero-order valence-electron chi connectivity index (χ0n) is 10.4. The Morgan fingerprint density at radius 3 is 2.06 bits per heavy atom. The van der Waals surface area contributed by atoms with E-state index in [1.54, 1.807) is 0 Å². The summed E-state index contributed by atoms with van der Waals surface area (Å²) in [7, 11) is 6.23. The van der Waals surface area contributed by atoms with Gasteiger partial charge in [0.25, 0.3) is 0 Å². The van der Waals surface area contributed by atoms with Crippen LogP contribution in [0.25, 0.3) is 0 Å². The molecule has 96 valence electrons. The van der Waals surface area contributed by atoms with Gasteiger partial charge in [-0.25, -0.2) is 0 Å². The Bertz CT molecular complexity index is 206. The Kier molecular flexibility index (Phi) is 9.58. The predicted molar refractivity (Wildman–Crippen MR) is 56.8 cm³/mol. The summed E-state index contributed by atoms with van der Waals surface area (Å²) in [5.74, 6) is -0.0778. The van der Waals surface area contributed by atoms with E-state index in [2.05, 4.69) is 21.1 Å². The Morgan fingerprint density at radius 1 is 1.31 bits per heavy atom. The molecule has 0 aliphatic carbocycles. The molecule has 0 aliphatic rings. The smallest absolute Gasteiger partial charge is 0.305 e. The minimum absolute atomic E-state index is 0.0778. The zero-order valence-corrected chi connectivity index (χ0v) is 10.4. The van der Waals surface area contributed by atoms with Crippen LogP contribution in [0.5, 0.6) is 0 Å². The molecule has 16 heavy (non-hydrogen) atoms. The topological polar surface area (TPSA) is 86.7 Å². The summed E-state index contributed by atoms with van der Waals surface area (Å²) < 4.78 is 5.84. The molecule has 0 amide bonds. The van der Waals surface area contributed by atoms with Crippen LogP contribution in [-0.4, -0.2) is 56.0 Å². The first-order valence-electron chi connectivity index (χ1n) is 5.05. The fraction of sp³-hybridized carbons (Fsp3) is 0.800. The minimum atomic E-state index is -2.08. The normalized spacial score (nSPS) is 10.0. The molecule has 0 rings (SSSR count). The van der Waals surface area contributed by atoms with Gasteiger partial charge >= 0.3 is 5.97 Å². The molecule has 0 spiro atoms. The van der Waals surface area contributed by atoms with Crippen LogP contribution >= 0.6 is 0 Å². The van der Waals surface area contributed by atoms with Gasteiger partial charge in [0.2, 0.25) is 6.16 Å². The van der Waals surface area contributed by atoms with E-state index in [9.17, 15) is 4.79 Å². The van der Waals surface area contributed by atoms with Crippen LogP contribution in [0.3, 0.4) is 0 Å². The van der Waals surface area contributed by atoms with Crippen LogP contribution < -0.4 is 5.11 Å². The second-order valence-corrected chi connectivity index (χ2v) is 4.25. The van der Waals surface area contributed by atoms with Gasteiger partial charge in [0.15, 0.2) is 0 Å². The van der Waals surface area contributed by atoms with Gasteiger partial charge in [-0.15, -0.1) is 0 Å². The molecule has 0 aliphatic heterocycles. The van der Waals surface area contributed by atoms with Crippen molar-refractivity contribution in [1.29, 1.82) is 0 Å². The third-order valence-electron chi connectivity index (χ3n) is 1.48. The molecule has 0 aromatic heterocycles. The number of rotatable bonds is 5. The zero-order chi connectivity index (χ0) is 13.2. The maximum Gasteiger partial charge on any atom is 0.305 e. The maximum atomic E-state index is 10.9. The van der Waals surface area contributed by atoms with Crippen LogP contribution in [-0.2, 0) is 9.53 Å². The molecule has 0 heterocycles. The van der Waals surface area contributed by atoms with E-state index in [-0.39, 0.29) is 5.97 Å². The van der Waals surface area contributed by atoms with E-state index < -0.39 is 6.16 Å². The molecule has 0 fully saturated rings. The first kappa shape index (κ1) is 17.1. The molecular formula is C10H21NO5. The molecule has 0 atom stereocenters. The first-order chi connectivity index (χ1) is 7.19. The van der Waals surface area contributed by atoms with E-state index in [0.29, 0.717) is 13.0 Å². The van der Waals surface area contributed by atoms with Crippen molar-refractivity contribution in [2.45, 2.75) is 19.8 Å². The number of carboxylic acid groups (broad SMARTS) is 2. The van der Waals surface area contributed by atoms with Crippen LogP contribution in [0.4, 0.5) is 4.79 Å². The lowest BCUT2D eigenvalue weighted by atomic mass is 10.3. The number of quaternary nitrogens is 1. The van der Waals surface area contributed by atoms with Crippen molar-refractivity contribution >= 4 is 12.1 Å². The molecule has 0 aromatic carbocycles. The largest absolute Gasteiger partial charge is 0.565 e. The van der Waals surface area contributed by atoms with Gasteiger partial charge in [0.05, 0.1) is 21.1 Å². The molecule has 0 saturated carbocycles. The summed E-state index contributed by atoms with van der Waals surface area (Å²) in [6, 6.07) is 0. The van der Waals surface area contributed by atoms with Gasteiger partial charge < -0.3 is 24.2 Å². The number of ether oxygens (including phenoxy) is 1. The van der Waals surface area contributed by atoms with Crippen LogP contribution in [0.15, 0.2) is 0 Å². The van der Waals surface area contributed by atoms with Crippen molar-refractivity contribution in [2.24, 2.45) is 0 Å². The molecule has 6 nitrogen and oxygen atoms in total. The highest BCUT2D eigenvalue weighted by atomic mass is 16.6. The summed E-state index contributed by atoms with van der Waals surface area (Å²) in [6.07, 6.45) is -0.680. The third-order valence-corrected chi connectivity index (χ3v) is 1.48. The summed E-state index contributed by atoms with van der Waals surface area (Å²) in [5.41, 5.74) is 0. The monoisotopic (exact) mass is 235 g/mol. The lowest BCUT2D eigenvalue weighted by molar-refractivity contribution is -0.870. The predicted octanol–water partition coefficient (Wildman–Crippen LogP) is -0.0764. The van der Waals surface area contributed by atoms with Crippen molar-refractivity contribution < 1.29 is 29.0 Å². The molecule has 0 bridgehead atoms. The fourth-order valence-electron chi connectivity index (χ4n) is 0.710. The van der Waals surface area contributed by atoms with Gasteiger partial charge in [0, 0.05) is 6.42 Å². The molecule has 0 saturated heterocycles. The summed E-state index contributed by atoms with van der Waals surface area (Å²) in [6.45, 7) is 3.37. The summed E-state index contributed by atoms with van der Waals surface area (Å²) in [4.78, 5) is 19.3. The number of carbonyl (C=O) groups is 2. The quantitative estimate of drug-likeness (QED) is 0.532. The standard InChI is InChI=1S/C9H20NO2.CH2O3/c1-5-6-9(11)12-8-7-10(2,3)4;2-1(3)4/h5-8H2,1-4H3;(H2,2,3,4)/q+1;/p-1. The summed E-state index contributed by atoms with van der Waals surface area (Å²) in [5, 5.41) is 15.3. The molecule has 6 heteroatoms. The Balaban J connectivity index is 0. The molecule has 0 aromatic rings. The molecular weight excluding hydrogens is 214 g/mol. The number of likely N-dealkylation sites (N-methyl/N-ethyl adjacent to an activating group) is 1. The highest BCUT2D eigenvalue weighted by Crippen LogP contribution is 1.93. The van der Waals surface area contributed by atoms with Crippen LogP contribution in [0.1, 0.15) is 19.8 Å². The average Bonchev–Trinajstić information content (AvgIpc) is 2.00. The number of nitrogens with zero attached hydrogens (tertiary/aromatic N) is 1. The van der Waals surface area contributed by atoms with Gasteiger partial charge in [0.1, 0.15) is 13.2 Å². The van der Waals surface area contributed by atoms with E-state index >= 15 is 0 Å². The van der Waals surface area contributed by atoms with E-state index in [0.717, 1.165) is 17.4 Å². The Hall–Kier alpha value is -1.30. The lowest BCUT2D eigenvalue weighted by Crippen LogP contribution is -2.37. The van der Waals surface area contributed by atoms with Gasteiger partial charge in [-0.3, -0.25) is 4.79 Å². The minimum Gasteiger partial charge on any atom is -0.565 e. The number of hydrogen-bond acceptors (Lipinski definition) is 4. The lowest BCUT2D eigenvalue weighted by Gasteiger charge is -2.23. The van der Waals surface area contributed by atoms with Crippen molar-refractivity contribution in [3.05, 3.63) is 0 Å². The van der Waals surface area contributed by atoms with Crippen molar-refractivity contribution in [3.8, 4) is 0 Å². The SMILES string of the molecule is CCCC(=O)OCC[N+](C)(C)C.O=C([O-])O. The number of hydrogen-bond donors (Lipinski definition) is 1. The number of esters is 1. The van der Waals surface area contributed by atoms with Gasteiger partial charge in [-0.1, -0.05) is 6.92 Å². The third kappa shape index (κ3) is 23.0.